The summed E-state index contributed by atoms with van der Waals surface area (Å²) in [7, 11) is 0. The first kappa shape index (κ1) is 14.2. The molecule has 1 heterocycles. The minimum absolute atomic E-state index is 0.157. The molecule has 0 aliphatic carbocycles. The number of carbonyl (C=O) groups is 1. The van der Waals surface area contributed by atoms with E-state index in [1.807, 2.05) is 38.1 Å². The van der Waals surface area contributed by atoms with E-state index in [2.05, 4.69) is 15.4 Å². The number of nitrogens with zero attached hydrogens (tertiary/aromatic N) is 3. The number of aromatic nitrogens is 3. The van der Waals surface area contributed by atoms with Gasteiger partial charge in [-0.05, 0) is 30.2 Å². The number of anilines is 1. The number of rotatable bonds is 5. The molecule has 0 aliphatic heterocycles. The van der Waals surface area contributed by atoms with Gasteiger partial charge in [0, 0.05) is 5.69 Å². The lowest BCUT2D eigenvalue weighted by atomic mass is 9.99. The number of nitrogens with one attached hydrogen (secondary N) is 1. The van der Waals surface area contributed by atoms with Crippen LogP contribution in [0.1, 0.15) is 20.3 Å². The Hall–Kier alpha value is -2.21. The molecule has 2 aromatic rings. The molecule has 6 nitrogen and oxygen atoms in total. The van der Waals surface area contributed by atoms with Gasteiger partial charge in [0.05, 0.1) is 11.7 Å². The number of benzene rings is 1. The lowest BCUT2D eigenvalue weighted by molar-refractivity contribution is -0.118. The van der Waals surface area contributed by atoms with Crippen LogP contribution in [0.4, 0.5) is 5.69 Å². The third-order valence-electron chi connectivity index (χ3n) is 3.38. The SMILES string of the molecule is CCC(C)C(N)C(=O)Nc1ccc(-n2cncn2)cc1. The lowest BCUT2D eigenvalue weighted by Gasteiger charge is -2.17. The van der Waals surface area contributed by atoms with Crippen molar-refractivity contribution in [3.8, 4) is 5.69 Å². The molecule has 0 radical (unpaired) electrons. The predicted molar refractivity (Wildman–Crippen MR) is 77.4 cm³/mol. The molecule has 0 spiro atoms. The maximum atomic E-state index is 12.0. The third kappa shape index (κ3) is 3.21. The Bertz CT molecular complexity index is 549. The van der Waals surface area contributed by atoms with Gasteiger partial charge < -0.3 is 11.1 Å². The highest BCUT2D eigenvalue weighted by Gasteiger charge is 2.19. The number of amides is 1. The summed E-state index contributed by atoms with van der Waals surface area (Å²) in [5.41, 5.74) is 7.49. The Labute approximate surface area is 118 Å². The van der Waals surface area contributed by atoms with E-state index in [-0.39, 0.29) is 11.8 Å². The zero-order chi connectivity index (χ0) is 14.5. The van der Waals surface area contributed by atoms with Crippen LogP contribution in [0.25, 0.3) is 5.69 Å². The Morgan fingerprint density at radius 3 is 2.65 bits per heavy atom. The highest BCUT2D eigenvalue weighted by molar-refractivity contribution is 5.94. The van der Waals surface area contributed by atoms with Gasteiger partial charge in [-0.2, -0.15) is 5.10 Å². The molecule has 2 rings (SSSR count). The molecule has 1 aromatic heterocycles. The van der Waals surface area contributed by atoms with Gasteiger partial charge in [-0.1, -0.05) is 20.3 Å². The van der Waals surface area contributed by atoms with E-state index in [0.29, 0.717) is 0 Å². The number of hydrogen-bond donors (Lipinski definition) is 2. The molecule has 0 saturated heterocycles. The van der Waals surface area contributed by atoms with Gasteiger partial charge in [0.15, 0.2) is 0 Å². The lowest BCUT2D eigenvalue weighted by Crippen LogP contribution is -2.40. The largest absolute Gasteiger partial charge is 0.325 e. The summed E-state index contributed by atoms with van der Waals surface area (Å²) in [4.78, 5) is 15.8. The molecule has 1 aromatic carbocycles. The van der Waals surface area contributed by atoms with Crippen molar-refractivity contribution >= 4 is 11.6 Å². The minimum Gasteiger partial charge on any atom is -0.325 e. The van der Waals surface area contributed by atoms with E-state index in [1.165, 1.54) is 6.33 Å². The van der Waals surface area contributed by atoms with Crippen molar-refractivity contribution in [3.63, 3.8) is 0 Å². The zero-order valence-electron chi connectivity index (χ0n) is 11.7. The summed E-state index contributed by atoms with van der Waals surface area (Å²) < 4.78 is 1.65. The van der Waals surface area contributed by atoms with Crippen LogP contribution in [-0.2, 0) is 4.79 Å². The molecule has 1 amide bonds. The van der Waals surface area contributed by atoms with Gasteiger partial charge in [-0.25, -0.2) is 9.67 Å². The van der Waals surface area contributed by atoms with Crippen molar-refractivity contribution in [3.05, 3.63) is 36.9 Å². The second-order valence-electron chi connectivity index (χ2n) is 4.79. The van der Waals surface area contributed by atoms with Crippen LogP contribution in [0.15, 0.2) is 36.9 Å². The van der Waals surface area contributed by atoms with E-state index >= 15 is 0 Å². The number of hydrogen-bond acceptors (Lipinski definition) is 4. The van der Waals surface area contributed by atoms with Crippen molar-refractivity contribution in [1.82, 2.24) is 14.8 Å². The summed E-state index contributed by atoms with van der Waals surface area (Å²) in [5, 5.41) is 6.86. The van der Waals surface area contributed by atoms with Gasteiger partial charge in [-0.15, -0.1) is 0 Å². The van der Waals surface area contributed by atoms with Crippen LogP contribution in [-0.4, -0.2) is 26.7 Å². The molecule has 0 fully saturated rings. The molecular formula is C14H19N5O. The summed E-state index contributed by atoms with van der Waals surface area (Å²) in [6, 6.07) is 6.87. The van der Waals surface area contributed by atoms with Crippen molar-refractivity contribution in [1.29, 1.82) is 0 Å². The fourth-order valence-corrected chi connectivity index (χ4v) is 1.78. The summed E-state index contributed by atoms with van der Waals surface area (Å²) in [5.74, 6) is -0.00252. The smallest absolute Gasteiger partial charge is 0.241 e. The summed E-state index contributed by atoms with van der Waals surface area (Å²) >= 11 is 0. The van der Waals surface area contributed by atoms with Gasteiger partial charge in [0.2, 0.25) is 5.91 Å². The van der Waals surface area contributed by atoms with E-state index in [0.717, 1.165) is 17.8 Å². The molecule has 20 heavy (non-hydrogen) atoms. The van der Waals surface area contributed by atoms with Gasteiger partial charge in [0.1, 0.15) is 12.7 Å². The number of nitrogens with two attached hydrogens (primary N) is 1. The average molecular weight is 273 g/mol. The number of carbonyl (C=O) groups excluding carboxylic acids is 1. The standard InChI is InChI=1S/C14H19N5O/c1-3-10(2)13(15)14(20)18-11-4-6-12(7-5-11)19-9-16-8-17-19/h4-10,13H,3,15H2,1-2H3,(H,18,20). The molecule has 0 saturated carbocycles. The van der Waals surface area contributed by atoms with E-state index in [4.69, 9.17) is 5.73 Å². The second-order valence-corrected chi connectivity index (χ2v) is 4.79. The van der Waals surface area contributed by atoms with Crippen LogP contribution < -0.4 is 11.1 Å². The molecule has 106 valence electrons. The predicted octanol–water partition coefficient (Wildman–Crippen LogP) is 1.58. The third-order valence-corrected chi connectivity index (χ3v) is 3.38. The molecule has 2 atom stereocenters. The second kappa shape index (κ2) is 6.29. The van der Waals surface area contributed by atoms with E-state index in [9.17, 15) is 4.79 Å². The molecule has 0 bridgehead atoms. The van der Waals surface area contributed by atoms with Crippen LogP contribution in [0.5, 0.6) is 0 Å². The monoisotopic (exact) mass is 273 g/mol. The van der Waals surface area contributed by atoms with Gasteiger partial charge in [0.25, 0.3) is 0 Å². The quantitative estimate of drug-likeness (QED) is 0.866. The van der Waals surface area contributed by atoms with Crippen LogP contribution >= 0.6 is 0 Å². The first-order valence-corrected chi connectivity index (χ1v) is 6.63. The zero-order valence-corrected chi connectivity index (χ0v) is 11.7. The van der Waals surface area contributed by atoms with Gasteiger partial charge >= 0.3 is 0 Å². The fourth-order valence-electron chi connectivity index (χ4n) is 1.78. The normalized spacial score (nSPS) is 13.8. The minimum atomic E-state index is -0.491. The maximum absolute atomic E-state index is 12.0. The molecule has 6 heteroatoms. The van der Waals surface area contributed by atoms with Crippen molar-refractivity contribution in [2.24, 2.45) is 11.7 Å². The van der Waals surface area contributed by atoms with Crippen molar-refractivity contribution in [2.75, 3.05) is 5.32 Å². The van der Waals surface area contributed by atoms with E-state index in [1.54, 1.807) is 11.0 Å². The van der Waals surface area contributed by atoms with Crippen LogP contribution in [0, 0.1) is 5.92 Å². The first-order chi connectivity index (χ1) is 9.61. The topological polar surface area (TPSA) is 85.8 Å². The Balaban J connectivity index is 2.02. The highest BCUT2D eigenvalue weighted by Crippen LogP contribution is 2.14. The van der Waals surface area contributed by atoms with E-state index < -0.39 is 6.04 Å². The summed E-state index contributed by atoms with van der Waals surface area (Å²) in [6.45, 7) is 3.99. The molecule has 3 N–H and O–H groups in total. The highest BCUT2D eigenvalue weighted by atomic mass is 16.2. The summed E-state index contributed by atoms with van der Waals surface area (Å²) in [6.07, 6.45) is 3.97. The maximum Gasteiger partial charge on any atom is 0.241 e. The van der Waals surface area contributed by atoms with Crippen LogP contribution in [0.3, 0.4) is 0 Å². The van der Waals surface area contributed by atoms with Gasteiger partial charge in [-0.3, -0.25) is 4.79 Å². The Kier molecular flexibility index (Phi) is 4.47. The Morgan fingerprint density at radius 1 is 1.40 bits per heavy atom. The average Bonchev–Trinajstić information content (AvgIpc) is 3.00. The fraction of sp³-hybridized carbons (Fsp3) is 0.357. The molecule has 2 unspecified atom stereocenters. The molecule has 0 aliphatic rings. The molecular weight excluding hydrogens is 254 g/mol. The van der Waals surface area contributed by atoms with Crippen molar-refractivity contribution in [2.45, 2.75) is 26.3 Å². The van der Waals surface area contributed by atoms with Crippen molar-refractivity contribution < 1.29 is 4.79 Å². The Morgan fingerprint density at radius 2 is 2.10 bits per heavy atom. The first-order valence-electron chi connectivity index (χ1n) is 6.63. The van der Waals surface area contributed by atoms with Crippen LogP contribution in [0.2, 0.25) is 0 Å².